The highest BCUT2D eigenvalue weighted by atomic mass is 35.5. The molecule has 0 aromatic heterocycles. The summed E-state index contributed by atoms with van der Waals surface area (Å²) >= 11 is 6.11. The molecule has 0 fully saturated rings. The SMILES string of the molecule is COc1ccccc1C(NN)c1cc(C)cc(Cl)c1. The third-order valence-electron chi connectivity index (χ3n) is 3.01. The van der Waals surface area contributed by atoms with Crippen LogP contribution in [0.3, 0.4) is 0 Å². The lowest BCUT2D eigenvalue weighted by Crippen LogP contribution is -2.29. The number of halogens is 1. The van der Waals surface area contributed by atoms with Gasteiger partial charge in [-0.2, -0.15) is 0 Å². The third kappa shape index (κ3) is 3.07. The average molecular weight is 277 g/mol. The van der Waals surface area contributed by atoms with Crippen LogP contribution in [0.1, 0.15) is 22.7 Å². The first-order valence-corrected chi connectivity index (χ1v) is 6.39. The maximum Gasteiger partial charge on any atom is 0.124 e. The zero-order chi connectivity index (χ0) is 13.8. The third-order valence-corrected chi connectivity index (χ3v) is 3.23. The molecule has 0 bridgehead atoms. The molecule has 4 heteroatoms. The molecular formula is C15H17ClN2O. The van der Waals surface area contributed by atoms with Gasteiger partial charge < -0.3 is 4.74 Å². The summed E-state index contributed by atoms with van der Waals surface area (Å²) in [5.41, 5.74) is 5.91. The van der Waals surface area contributed by atoms with Crippen molar-refractivity contribution in [2.24, 2.45) is 5.84 Å². The first-order valence-electron chi connectivity index (χ1n) is 6.02. The van der Waals surface area contributed by atoms with Gasteiger partial charge in [0, 0.05) is 10.6 Å². The molecule has 0 saturated carbocycles. The van der Waals surface area contributed by atoms with Crippen molar-refractivity contribution in [3.05, 3.63) is 64.2 Å². The lowest BCUT2D eigenvalue weighted by molar-refractivity contribution is 0.404. The van der Waals surface area contributed by atoms with E-state index in [0.29, 0.717) is 5.02 Å². The molecule has 1 atom stereocenters. The van der Waals surface area contributed by atoms with Crippen LogP contribution in [0.5, 0.6) is 5.75 Å². The van der Waals surface area contributed by atoms with E-state index in [0.717, 1.165) is 22.4 Å². The Morgan fingerprint density at radius 2 is 1.95 bits per heavy atom. The van der Waals surface area contributed by atoms with Crippen LogP contribution in [0.2, 0.25) is 5.02 Å². The number of hydrazine groups is 1. The Morgan fingerprint density at radius 3 is 2.58 bits per heavy atom. The summed E-state index contributed by atoms with van der Waals surface area (Å²) in [6.07, 6.45) is 0. The number of aryl methyl sites for hydroxylation is 1. The van der Waals surface area contributed by atoms with Gasteiger partial charge in [-0.25, -0.2) is 5.43 Å². The van der Waals surface area contributed by atoms with Gasteiger partial charge in [-0.15, -0.1) is 0 Å². The van der Waals surface area contributed by atoms with Crippen molar-refractivity contribution in [2.75, 3.05) is 7.11 Å². The highest BCUT2D eigenvalue weighted by Gasteiger charge is 2.17. The van der Waals surface area contributed by atoms with E-state index in [9.17, 15) is 0 Å². The monoisotopic (exact) mass is 276 g/mol. The zero-order valence-electron chi connectivity index (χ0n) is 11.0. The minimum Gasteiger partial charge on any atom is -0.496 e. The fourth-order valence-corrected chi connectivity index (χ4v) is 2.50. The lowest BCUT2D eigenvalue weighted by atomic mass is 9.97. The van der Waals surface area contributed by atoms with Gasteiger partial charge in [-0.05, 0) is 36.2 Å². The van der Waals surface area contributed by atoms with Gasteiger partial charge in [0.05, 0.1) is 13.2 Å². The predicted octanol–water partition coefficient (Wildman–Crippen LogP) is 3.21. The lowest BCUT2D eigenvalue weighted by Gasteiger charge is -2.20. The van der Waals surface area contributed by atoms with Crippen molar-refractivity contribution in [3.8, 4) is 5.75 Å². The summed E-state index contributed by atoms with van der Waals surface area (Å²) in [4.78, 5) is 0. The van der Waals surface area contributed by atoms with Gasteiger partial charge in [-0.3, -0.25) is 5.84 Å². The minimum atomic E-state index is -0.159. The topological polar surface area (TPSA) is 47.3 Å². The molecule has 0 heterocycles. The average Bonchev–Trinajstić information content (AvgIpc) is 2.39. The van der Waals surface area contributed by atoms with E-state index in [1.165, 1.54) is 0 Å². The fourth-order valence-electron chi connectivity index (χ4n) is 2.20. The van der Waals surface area contributed by atoms with E-state index in [2.05, 4.69) is 11.5 Å². The molecule has 3 N–H and O–H groups in total. The van der Waals surface area contributed by atoms with Crippen LogP contribution in [-0.4, -0.2) is 7.11 Å². The first kappa shape index (κ1) is 13.9. The Kier molecular flexibility index (Phi) is 4.43. The van der Waals surface area contributed by atoms with Crippen molar-refractivity contribution in [1.29, 1.82) is 0 Å². The second-order valence-corrected chi connectivity index (χ2v) is 4.84. The van der Waals surface area contributed by atoms with Crippen molar-refractivity contribution in [1.82, 2.24) is 5.43 Å². The number of ether oxygens (including phenoxy) is 1. The van der Waals surface area contributed by atoms with Crippen molar-refractivity contribution < 1.29 is 4.74 Å². The molecule has 0 aliphatic rings. The molecular weight excluding hydrogens is 260 g/mol. The molecule has 100 valence electrons. The van der Waals surface area contributed by atoms with Gasteiger partial charge in [0.2, 0.25) is 0 Å². The summed E-state index contributed by atoms with van der Waals surface area (Å²) in [5, 5.41) is 0.699. The summed E-state index contributed by atoms with van der Waals surface area (Å²) in [5.74, 6) is 6.51. The van der Waals surface area contributed by atoms with Crippen molar-refractivity contribution in [3.63, 3.8) is 0 Å². The molecule has 2 aromatic rings. The molecule has 1 unspecified atom stereocenters. The van der Waals surface area contributed by atoms with E-state index in [1.807, 2.05) is 43.3 Å². The number of methoxy groups -OCH3 is 1. The molecule has 2 aromatic carbocycles. The Balaban J connectivity index is 2.49. The van der Waals surface area contributed by atoms with Crippen LogP contribution in [0.4, 0.5) is 0 Å². The number of benzene rings is 2. The number of hydrogen-bond donors (Lipinski definition) is 2. The Morgan fingerprint density at radius 1 is 1.21 bits per heavy atom. The minimum absolute atomic E-state index is 0.159. The number of rotatable bonds is 4. The molecule has 0 aliphatic carbocycles. The molecule has 3 nitrogen and oxygen atoms in total. The summed E-state index contributed by atoms with van der Waals surface area (Å²) in [7, 11) is 1.65. The van der Waals surface area contributed by atoms with E-state index in [1.54, 1.807) is 7.11 Å². The van der Waals surface area contributed by atoms with Crippen LogP contribution < -0.4 is 16.0 Å². The summed E-state index contributed by atoms with van der Waals surface area (Å²) in [6.45, 7) is 2.01. The number of nitrogens with two attached hydrogens (primary N) is 1. The van der Waals surface area contributed by atoms with Crippen LogP contribution >= 0.6 is 11.6 Å². The van der Waals surface area contributed by atoms with E-state index >= 15 is 0 Å². The molecule has 2 rings (SSSR count). The maximum absolute atomic E-state index is 6.11. The molecule has 0 radical (unpaired) electrons. The van der Waals surface area contributed by atoms with Crippen LogP contribution in [0, 0.1) is 6.92 Å². The van der Waals surface area contributed by atoms with Crippen LogP contribution in [0.15, 0.2) is 42.5 Å². The second kappa shape index (κ2) is 6.06. The standard InChI is InChI=1S/C15H17ClN2O/c1-10-7-11(9-12(16)8-10)15(18-17)13-5-3-4-6-14(13)19-2/h3-9,15,18H,17H2,1-2H3. The van der Waals surface area contributed by atoms with E-state index < -0.39 is 0 Å². The highest BCUT2D eigenvalue weighted by molar-refractivity contribution is 6.30. The van der Waals surface area contributed by atoms with Crippen LogP contribution in [0.25, 0.3) is 0 Å². The van der Waals surface area contributed by atoms with Gasteiger partial charge >= 0.3 is 0 Å². The van der Waals surface area contributed by atoms with Crippen molar-refractivity contribution in [2.45, 2.75) is 13.0 Å². The maximum atomic E-state index is 6.11. The van der Waals surface area contributed by atoms with Gasteiger partial charge in [-0.1, -0.05) is 35.9 Å². The van der Waals surface area contributed by atoms with E-state index in [4.69, 9.17) is 22.2 Å². The molecule has 0 aliphatic heterocycles. The molecule has 19 heavy (non-hydrogen) atoms. The highest BCUT2D eigenvalue weighted by Crippen LogP contribution is 2.31. The molecule has 0 amide bonds. The number of para-hydroxylation sites is 1. The second-order valence-electron chi connectivity index (χ2n) is 4.40. The Labute approximate surface area is 118 Å². The fraction of sp³-hybridized carbons (Fsp3) is 0.200. The smallest absolute Gasteiger partial charge is 0.124 e. The first-order chi connectivity index (χ1) is 9.15. The zero-order valence-corrected chi connectivity index (χ0v) is 11.7. The predicted molar refractivity (Wildman–Crippen MR) is 78.3 cm³/mol. The molecule has 0 saturated heterocycles. The number of nitrogens with one attached hydrogen (secondary N) is 1. The van der Waals surface area contributed by atoms with Gasteiger partial charge in [0.15, 0.2) is 0 Å². The normalized spacial score (nSPS) is 12.2. The van der Waals surface area contributed by atoms with E-state index in [-0.39, 0.29) is 6.04 Å². The van der Waals surface area contributed by atoms with Gasteiger partial charge in [0.1, 0.15) is 5.75 Å². The molecule has 0 spiro atoms. The summed E-state index contributed by atoms with van der Waals surface area (Å²) < 4.78 is 5.38. The largest absolute Gasteiger partial charge is 0.496 e. The Bertz CT molecular complexity index is 552. The van der Waals surface area contributed by atoms with Gasteiger partial charge in [0.25, 0.3) is 0 Å². The van der Waals surface area contributed by atoms with Crippen molar-refractivity contribution >= 4 is 11.6 Å². The summed E-state index contributed by atoms with van der Waals surface area (Å²) in [6, 6.07) is 13.5. The Hall–Kier alpha value is -1.55. The quantitative estimate of drug-likeness (QED) is 0.666. The van der Waals surface area contributed by atoms with Crippen LogP contribution in [-0.2, 0) is 0 Å². The number of hydrogen-bond acceptors (Lipinski definition) is 3.